The molecular weight excluding hydrogens is 763 g/mol. The molecular formula is C24H14BCl2F6IN4O6. The van der Waals surface area contributed by atoms with E-state index in [2.05, 4.69) is 19.9 Å². The normalized spacial score (nSPS) is 11.0. The fraction of sp³-hybridized carbons (Fsp3) is 0.0833. The van der Waals surface area contributed by atoms with Crippen LogP contribution in [-0.2, 0) is 12.4 Å². The maximum atomic E-state index is 12.4. The van der Waals surface area contributed by atoms with Crippen LogP contribution in [0.5, 0.6) is 0 Å². The molecule has 0 amide bonds. The SMILES string of the molecule is O=C(O)c1cnc(Cl)cc1-c1ccc(C(F)(F)F)nc1.O=C(O)c1cnc(Cl)cc1I.OB(O)c1ccc(C(F)(F)F)nc1. The molecule has 0 radical (unpaired) electrons. The Balaban J connectivity index is 0.000000244. The van der Waals surface area contributed by atoms with Crippen molar-refractivity contribution in [1.82, 2.24) is 19.9 Å². The number of aromatic nitrogens is 4. The highest BCUT2D eigenvalue weighted by Crippen LogP contribution is 2.30. The minimum absolute atomic E-state index is 0.0323. The average molecular weight is 777 g/mol. The first kappa shape index (κ1) is 36.6. The van der Waals surface area contributed by atoms with Gasteiger partial charge in [0.25, 0.3) is 0 Å². The van der Waals surface area contributed by atoms with Crippen LogP contribution in [0.1, 0.15) is 32.1 Å². The van der Waals surface area contributed by atoms with Gasteiger partial charge in [0.2, 0.25) is 0 Å². The summed E-state index contributed by atoms with van der Waals surface area (Å²) in [5, 5.41) is 35.0. The standard InChI is InChI=1S/C12H6ClF3N2O2.C6H5BF3NO2.C6H3ClINO2/c13-10-3-7(8(5-18-10)11(19)20)6-1-2-9(17-4-6)12(14,15)16;8-6(9,10)5-2-1-4(3-11-5)7(12)13;7-5-1-4(8)3(2-9-5)6(10)11/h1-5H,(H,19,20);1-3,12-13H;1-2H,(H,10,11). The van der Waals surface area contributed by atoms with Crippen LogP contribution in [0.15, 0.2) is 61.2 Å². The van der Waals surface area contributed by atoms with E-state index in [0.717, 1.165) is 36.8 Å². The summed E-state index contributed by atoms with van der Waals surface area (Å²) >= 11 is 13.1. The molecule has 4 rings (SSSR count). The second-order valence-corrected chi connectivity index (χ2v) is 9.86. The molecule has 4 N–H and O–H groups in total. The molecule has 0 aromatic carbocycles. The van der Waals surface area contributed by atoms with Gasteiger partial charge >= 0.3 is 31.4 Å². The van der Waals surface area contributed by atoms with Gasteiger partial charge in [-0.2, -0.15) is 26.3 Å². The number of halogens is 9. The summed E-state index contributed by atoms with van der Waals surface area (Å²) in [7, 11) is -1.80. The highest BCUT2D eigenvalue weighted by Gasteiger charge is 2.33. The largest absolute Gasteiger partial charge is 0.490 e. The summed E-state index contributed by atoms with van der Waals surface area (Å²) < 4.78 is 73.6. The third-order valence-corrected chi connectivity index (χ3v) is 6.20. The van der Waals surface area contributed by atoms with E-state index in [1.807, 2.05) is 22.6 Å². The molecule has 0 bridgehead atoms. The number of alkyl halides is 6. The first-order chi connectivity index (χ1) is 20.3. The number of rotatable bonds is 4. The van der Waals surface area contributed by atoms with Crippen molar-refractivity contribution in [2.24, 2.45) is 0 Å². The van der Waals surface area contributed by atoms with Crippen molar-refractivity contribution in [3.8, 4) is 11.1 Å². The maximum absolute atomic E-state index is 12.4. The number of pyridine rings is 4. The van der Waals surface area contributed by atoms with Crippen molar-refractivity contribution >= 4 is 70.3 Å². The van der Waals surface area contributed by atoms with Crippen LogP contribution in [0.4, 0.5) is 26.3 Å². The minimum atomic E-state index is -4.55. The van der Waals surface area contributed by atoms with Crippen molar-refractivity contribution in [3.05, 3.63) is 97.6 Å². The lowest BCUT2D eigenvalue weighted by molar-refractivity contribution is -0.141. The van der Waals surface area contributed by atoms with Gasteiger partial charge in [-0.15, -0.1) is 0 Å². The lowest BCUT2D eigenvalue weighted by Crippen LogP contribution is -2.30. The van der Waals surface area contributed by atoms with Gasteiger partial charge in [-0.05, 0) is 46.9 Å². The zero-order valence-electron chi connectivity index (χ0n) is 21.1. The predicted octanol–water partition coefficient (Wildman–Crippen LogP) is 5.33. The van der Waals surface area contributed by atoms with Crippen LogP contribution in [-0.4, -0.2) is 59.3 Å². The maximum Gasteiger partial charge on any atom is 0.490 e. The monoisotopic (exact) mass is 776 g/mol. The molecule has 0 fully saturated rings. The molecule has 20 heteroatoms. The molecule has 44 heavy (non-hydrogen) atoms. The van der Waals surface area contributed by atoms with Crippen LogP contribution < -0.4 is 5.46 Å². The molecule has 0 spiro atoms. The number of aromatic carboxylic acids is 2. The van der Waals surface area contributed by atoms with Gasteiger partial charge in [-0.25, -0.2) is 19.6 Å². The molecule has 4 aromatic rings. The van der Waals surface area contributed by atoms with Crippen molar-refractivity contribution in [1.29, 1.82) is 0 Å². The second kappa shape index (κ2) is 15.4. The van der Waals surface area contributed by atoms with E-state index in [9.17, 15) is 35.9 Å². The Morgan fingerprint density at radius 3 is 1.57 bits per heavy atom. The van der Waals surface area contributed by atoms with Gasteiger partial charge in [0.1, 0.15) is 21.7 Å². The summed E-state index contributed by atoms with van der Waals surface area (Å²) in [4.78, 5) is 35.1. The van der Waals surface area contributed by atoms with E-state index in [1.54, 1.807) is 0 Å². The first-order valence-electron chi connectivity index (χ1n) is 11.2. The molecule has 4 heterocycles. The van der Waals surface area contributed by atoms with Gasteiger partial charge in [-0.3, -0.25) is 9.97 Å². The highest BCUT2D eigenvalue weighted by molar-refractivity contribution is 14.1. The molecule has 232 valence electrons. The van der Waals surface area contributed by atoms with Crippen LogP contribution in [0, 0.1) is 3.57 Å². The minimum Gasteiger partial charge on any atom is -0.478 e. The number of hydrogen-bond acceptors (Lipinski definition) is 8. The van der Waals surface area contributed by atoms with Crippen molar-refractivity contribution in [2.75, 3.05) is 0 Å². The first-order valence-corrected chi connectivity index (χ1v) is 13.0. The second-order valence-electron chi connectivity index (χ2n) is 7.93. The van der Waals surface area contributed by atoms with Crippen molar-refractivity contribution in [2.45, 2.75) is 12.4 Å². The molecule has 0 saturated heterocycles. The quantitative estimate of drug-likeness (QED) is 0.0921. The van der Waals surface area contributed by atoms with E-state index in [4.69, 9.17) is 43.5 Å². The highest BCUT2D eigenvalue weighted by atomic mass is 127. The van der Waals surface area contributed by atoms with Crippen LogP contribution in [0.25, 0.3) is 11.1 Å². The van der Waals surface area contributed by atoms with E-state index >= 15 is 0 Å². The number of carboxylic acid groups (broad SMARTS) is 2. The summed E-state index contributed by atoms with van der Waals surface area (Å²) in [6.07, 6.45) is -5.05. The Morgan fingerprint density at radius 1 is 0.705 bits per heavy atom. The number of nitrogens with zero attached hydrogens (tertiary/aromatic N) is 4. The molecule has 0 atom stereocenters. The predicted molar refractivity (Wildman–Crippen MR) is 152 cm³/mol. The Bertz CT molecular complexity index is 1620. The molecule has 0 aliphatic carbocycles. The van der Waals surface area contributed by atoms with E-state index in [-0.39, 0.29) is 32.9 Å². The molecule has 0 unspecified atom stereocenters. The molecule has 4 aromatic heterocycles. The molecule has 0 aliphatic heterocycles. The Labute approximate surface area is 266 Å². The zero-order valence-corrected chi connectivity index (χ0v) is 24.8. The van der Waals surface area contributed by atoms with E-state index in [0.29, 0.717) is 14.8 Å². The summed E-state index contributed by atoms with van der Waals surface area (Å²) in [6.45, 7) is 0. The van der Waals surface area contributed by atoms with Crippen LogP contribution in [0.2, 0.25) is 10.3 Å². The van der Waals surface area contributed by atoms with E-state index in [1.165, 1.54) is 18.3 Å². The number of hydrogen-bond donors (Lipinski definition) is 4. The van der Waals surface area contributed by atoms with Crippen LogP contribution >= 0.6 is 45.8 Å². The topological polar surface area (TPSA) is 167 Å². The Hall–Kier alpha value is -3.59. The van der Waals surface area contributed by atoms with Gasteiger partial charge < -0.3 is 20.3 Å². The summed E-state index contributed by atoms with van der Waals surface area (Å²) in [6, 6.07) is 6.32. The van der Waals surface area contributed by atoms with Gasteiger partial charge in [0.15, 0.2) is 0 Å². The smallest absolute Gasteiger partial charge is 0.478 e. The number of carboxylic acids is 2. The van der Waals surface area contributed by atoms with E-state index < -0.39 is 42.8 Å². The summed E-state index contributed by atoms with van der Waals surface area (Å²) in [5.74, 6) is -2.25. The van der Waals surface area contributed by atoms with Gasteiger partial charge in [0.05, 0.1) is 11.1 Å². The summed E-state index contributed by atoms with van der Waals surface area (Å²) in [5.41, 5.74) is -1.83. The molecule has 0 saturated carbocycles. The lowest BCUT2D eigenvalue weighted by atomic mass is 9.82. The third kappa shape index (κ3) is 10.8. The Kier molecular flexibility index (Phi) is 12.8. The van der Waals surface area contributed by atoms with Crippen molar-refractivity contribution in [3.63, 3.8) is 0 Å². The average Bonchev–Trinajstić information content (AvgIpc) is 2.92. The van der Waals surface area contributed by atoms with Crippen LogP contribution in [0.3, 0.4) is 0 Å². The van der Waals surface area contributed by atoms with Gasteiger partial charge in [-0.1, -0.05) is 35.3 Å². The fourth-order valence-corrected chi connectivity index (χ4v) is 4.02. The fourth-order valence-electron chi connectivity index (χ4n) is 2.85. The molecule has 10 nitrogen and oxygen atoms in total. The zero-order chi connectivity index (χ0) is 33.4. The van der Waals surface area contributed by atoms with Crippen molar-refractivity contribution < 1.29 is 56.2 Å². The lowest BCUT2D eigenvalue weighted by Gasteiger charge is -2.08. The molecule has 0 aliphatic rings. The van der Waals surface area contributed by atoms with Gasteiger partial charge in [0, 0.05) is 44.9 Å². The number of carbonyl (C=O) groups is 2. The third-order valence-electron chi connectivity index (χ3n) is 4.89. The Morgan fingerprint density at radius 2 is 1.18 bits per heavy atom.